The van der Waals surface area contributed by atoms with Gasteiger partial charge in [-0.15, -0.1) is 0 Å². The van der Waals surface area contributed by atoms with Crippen LogP contribution in [0.25, 0.3) is 0 Å². The monoisotopic (exact) mass is 168 g/mol. The first-order valence-corrected chi connectivity index (χ1v) is 3.54. The van der Waals surface area contributed by atoms with Gasteiger partial charge in [0, 0.05) is 10.7 Å². The van der Waals surface area contributed by atoms with E-state index >= 15 is 0 Å². The van der Waals surface area contributed by atoms with E-state index in [1.54, 1.807) is 31.2 Å². The van der Waals surface area contributed by atoms with Crippen LogP contribution in [-0.4, -0.2) is 5.71 Å². The highest BCUT2D eigenvalue weighted by Crippen LogP contribution is 2.09. The highest BCUT2D eigenvalue weighted by Gasteiger charge is 1.93. The largest absolute Gasteiger partial charge is 0.792 e. The van der Waals surface area contributed by atoms with E-state index in [0.717, 1.165) is 5.56 Å². The topological polar surface area (TPSA) is 35.4 Å². The molecule has 1 aromatic rings. The van der Waals surface area contributed by atoms with Crippen molar-refractivity contribution in [3.63, 3.8) is 0 Å². The molecule has 0 spiro atoms. The molecule has 3 heteroatoms. The van der Waals surface area contributed by atoms with Gasteiger partial charge >= 0.3 is 0 Å². The first-order chi connectivity index (χ1) is 5.24. The lowest BCUT2D eigenvalue weighted by Crippen LogP contribution is -1.91. The predicted octanol–water partition coefficient (Wildman–Crippen LogP) is 2.65. The minimum absolute atomic E-state index is 0.474. The molecule has 0 aromatic heterocycles. The van der Waals surface area contributed by atoms with Crippen LogP contribution in [0.2, 0.25) is 5.02 Å². The van der Waals surface area contributed by atoms with Gasteiger partial charge < -0.3 is 10.4 Å². The number of benzene rings is 1. The van der Waals surface area contributed by atoms with E-state index in [-0.39, 0.29) is 0 Å². The third-order valence-electron chi connectivity index (χ3n) is 1.40. The molecule has 1 rings (SSSR count). The number of rotatable bonds is 1. The zero-order chi connectivity index (χ0) is 8.27. The molecule has 0 aliphatic heterocycles. The average molecular weight is 169 g/mol. The molecule has 0 saturated heterocycles. The van der Waals surface area contributed by atoms with Crippen molar-refractivity contribution in [1.29, 1.82) is 0 Å². The van der Waals surface area contributed by atoms with Gasteiger partial charge in [0.1, 0.15) is 0 Å². The Kier molecular flexibility index (Phi) is 2.49. The van der Waals surface area contributed by atoms with Gasteiger partial charge in [-0.25, -0.2) is 0 Å². The average Bonchev–Trinajstić information content (AvgIpc) is 2.05. The Morgan fingerprint density at radius 3 is 2.36 bits per heavy atom. The highest BCUT2D eigenvalue weighted by atomic mass is 35.5. The summed E-state index contributed by atoms with van der Waals surface area (Å²) in [6.45, 7) is 1.66. The lowest BCUT2D eigenvalue weighted by molar-refractivity contribution is 1.52. The number of hydrogen-bond acceptors (Lipinski definition) is 2. The molecule has 0 unspecified atom stereocenters. The van der Waals surface area contributed by atoms with E-state index in [2.05, 4.69) is 5.16 Å². The fourth-order valence-electron chi connectivity index (χ4n) is 0.744. The van der Waals surface area contributed by atoms with Gasteiger partial charge in [0.2, 0.25) is 0 Å². The number of hydrogen-bond donors (Lipinski definition) is 0. The molecule has 0 bridgehead atoms. The van der Waals surface area contributed by atoms with E-state index < -0.39 is 0 Å². The summed E-state index contributed by atoms with van der Waals surface area (Å²) in [5.41, 5.74) is 1.28. The standard InChI is InChI=1S/C8H8ClNO/c1-6(10-11)7-2-4-8(9)5-3-7/h2-5,11H,1H3/p-1/b10-6-. The van der Waals surface area contributed by atoms with Crippen molar-refractivity contribution >= 4 is 17.3 Å². The molecule has 0 saturated carbocycles. The maximum atomic E-state index is 10.1. The summed E-state index contributed by atoms with van der Waals surface area (Å²) >= 11 is 5.64. The van der Waals surface area contributed by atoms with Gasteiger partial charge in [0.05, 0.1) is 0 Å². The summed E-state index contributed by atoms with van der Waals surface area (Å²) in [6, 6.07) is 6.98. The van der Waals surface area contributed by atoms with E-state index in [4.69, 9.17) is 11.6 Å². The minimum Gasteiger partial charge on any atom is -0.792 e. The van der Waals surface area contributed by atoms with Gasteiger partial charge in [-0.2, -0.15) is 0 Å². The van der Waals surface area contributed by atoms with Gasteiger partial charge in [0.15, 0.2) is 0 Å². The van der Waals surface area contributed by atoms with Crippen LogP contribution in [0.3, 0.4) is 0 Å². The second-order valence-corrected chi connectivity index (χ2v) is 2.62. The van der Waals surface area contributed by atoms with Crippen molar-refractivity contribution in [2.45, 2.75) is 6.92 Å². The molecular formula is C8H7ClNO-. The molecule has 0 fully saturated rings. The molecule has 0 N–H and O–H groups in total. The van der Waals surface area contributed by atoms with Crippen molar-refractivity contribution in [2.24, 2.45) is 5.16 Å². The summed E-state index contributed by atoms with van der Waals surface area (Å²) in [5, 5.41) is 13.5. The fourth-order valence-corrected chi connectivity index (χ4v) is 0.870. The summed E-state index contributed by atoms with van der Waals surface area (Å²) < 4.78 is 0. The molecule has 11 heavy (non-hydrogen) atoms. The van der Waals surface area contributed by atoms with Crippen molar-refractivity contribution < 1.29 is 0 Å². The molecule has 58 valence electrons. The van der Waals surface area contributed by atoms with Crippen LogP contribution < -0.4 is 0 Å². The van der Waals surface area contributed by atoms with Gasteiger partial charge in [-0.05, 0) is 24.6 Å². The Balaban J connectivity index is 2.99. The Labute approximate surface area is 70.1 Å². The van der Waals surface area contributed by atoms with E-state index in [0.29, 0.717) is 10.7 Å². The Hall–Kier alpha value is -1.02. The second-order valence-electron chi connectivity index (χ2n) is 2.18. The molecule has 0 aliphatic rings. The van der Waals surface area contributed by atoms with Crippen molar-refractivity contribution in [2.75, 3.05) is 0 Å². The van der Waals surface area contributed by atoms with Crippen molar-refractivity contribution in [1.82, 2.24) is 0 Å². The van der Waals surface area contributed by atoms with Gasteiger partial charge in [-0.1, -0.05) is 23.7 Å². The Morgan fingerprint density at radius 1 is 1.36 bits per heavy atom. The number of nitrogens with zero attached hydrogens (tertiary/aromatic N) is 1. The van der Waals surface area contributed by atoms with Crippen LogP contribution in [0.4, 0.5) is 0 Å². The lowest BCUT2D eigenvalue weighted by atomic mass is 10.1. The molecule has 0 radical (unpaired) electrons. The molecule has 0 heterocycles. The number of halogens is 1. The van der Waals surface area contributed by atoms with Crippen LogP contribution in [0.15, 0.2) is 29.4 Å². The first kappa shape index (κ1) is 8.08. The molecule has 0 atom stereocenters. The third kappa shape index (κ3) is 1.95. The smallest absolute Gasteiger partial charge is 0.0406 e. The molecule has 0 amide bonds. The van der Waals surface area contributed by atoms with E-state index in [1.165, 1.54) is 0 Å². The van der Waals surface area contributed by atoms with Crippen LogP contribution >= 0.6 is 11.6 Å². The Bertz CT molecular complexity index is 266. The summed E-state index contributed by atoms with van der Waals surface area (Å²) in [5.74, 6) is 0. The summed E-state index contributed by atoms with van der Waals surface area (Å²) in [7, 11) is 0. The Morgan fingerprint density at radius 2 is 1.91 bits per heavy atom. The molecular weight excluding hydrogens is 162 g/mol. The fraction of sp³-hybridized carbons (Fsp3) is 0.125. The maximum Gasteiger partial charge on any atom is 0.0406 e. The highest BCUT2D eigenvalue weighted by molar-refractivity contribution is 6.30. The normalized spacial score (nSPS) is 11.6. The molecule has 2 nitrogen and oxygen atoms in total. The van der Waals surface area contributed by atoms with Gasteiger partial charge in [0.25, 0.3) is 0 Å². The van der Waals surface area contributed by atoms with Crippen LogP contribution in [0, 0.1) is 5.21 Å². The molecule has 1 aromatic carbocycles. The second kappa shape index (κ2) is 3.39. The van der Waals surface area contributed by atoms with Gasteiger partial charge in [-0.3, -0.25) is 0 Å². The predicted molar refractivity (Wildman–Crippen MR) is 47.0 cm³/mol. The molecule has 0 aliphatic carbocycles. The quantitative estimate of drug-likeness (QED) is 0.469. The minimum atomic E-state index is 0.474. The SMILES string of the molecule is C/C(=N/[O-])c1ccc(Cl)cc1. The van der Waals surface area contributed by atoms with Crippen molar-refractivity contribution in [3.05, 3.63) is 40.1 Å². The van der Waals surface area contributed by atoms with Crippen LogP contribution in [-0.2, 0) is 0 Å². The first-order valence-electron chi connectivity index (χ1n) is 3.17. The van der Waals surface area contributed by atoms with Crippen molar-refractivity contribution in [3.8, 4) is 0 Å². The van der Waals surface area contributed by atoms with E-state index in [9.17, 15) is 5.21 Å². The maximum absolute atomic E-state index is 10.1. The summed E-state index contributed by atoms with van der Waals surface area (Å²) in [4.78, 5) is 0. The van der Waals surface area contributed by atoms with Crippen LogP contribution in [0.1, 0.15) is 12.5 Å². The van der Waals surface area contributed by atoms with E-state index in [1.807, 2.05) is 0 Å². The third-order valence-corrected chi connectivity index (χ3v) is 1.65. The zero-order valence-corrected chi connectivity index (χ0v) is 6.80. The summed E-state index contributed by atoms with van der Waals surface area (Å²) in [6.07, 6.45) is 0. The lowest BCUT2D eigenvalue weighted by Gasteiger charge is -2.01. The van der Waals surface area contributed by atoms with Crippen LogP contribution in [0.5, 0.6) is 0 Å². The zero-order valence-electron chi connectivity index (χ0n) is 6.04.